The fourth-order valence-corrected chi connectivity index (χ4v) is 6.11. The number of nitrogens with one attached hydrogen (secondary N) is 1. The summed E-state index contributed by atoms with van der Waals surface area (Å²) in [6.07, 6.45) is 5.82. The number of terminal acetylenes is 1. The molecule has 7 heteroatoms. The minimum Gasteiger partial charge on any atom is -0.469 e. The van der Waals surface area contributed by atoms with Crippen LogP contribution in [0.15, 0.2) is 47.4 Å². The maximum atomic E-state index is 13.6. The largest absolute Gasteiger partial charge is 0.469 e. The van der Waals surface area contributed by atoms with Crippen molar-refractivity contribution in [3.63, 3.8) is 0 Å². The van der Waals surface area contributed by atoms with Gasteiger partial charge in [0.2, 0.25) is 0 Å². The average molecular weight is 493 g/mol. The average Bonchev–Trinajstić information content (AvgIpc) is 2.81. The number of sulfonamides is 1. The normalized spacial score (nSPS) is 12.1. The van der Waals surface area contributed by atoms with E-state index in [1.54, 1.807) is 6.07 Å². The van der Waals surface area contributed by atoms with E-state index in [9.17, 15) is 13.2 Å². The highest BCUT2D eigenvalue weighted by Crippen LogP contribution is 2.36. The lowest BCUT2D eigenvalue weighted by Gasteiger charge is -2.30. The van der Waals surface area contributed by atoms with Crippen LogP contribution in [0.25, 0.3) is 10.8 Å². The van der Waals surface area contributed by atoms with E-state index >= 15 is 0 Å². The predicted molar refractivity (Wildman–Crippen MR) is 142 cm³/mol. The third-order valence-electron chi connectivity index (χ3n) is 6.50. The molecule has 3 rings (SSSR count). The molecule has 6 nitrogen and oxygen atoms in total. The van der Waals surface area contributed by atoms with Crippen LogP contribution in [0.4, 0.5) is 11.4 Å². The molecule has 3 aromatic carbocycles. The van der Waals surface area contributed by atoms with Crippen LogP contribution in [0, 0.1) is 40.0 Å². The molecule has 184 valence electrons. The summed E-state index contributed by atoms with van der Waals surface area (Å²) in [6.45, 7) is 9.69. The third kappa shape index (κ3) is 5.28. The van der Waals surface area contributed by atoms with Gasteiger partial charge in [0.25, 0.3) is 10.0 Å². The summed E-state index contributed by atoms with van der Waals surface area (Å²) in [7, 11) is -2.49. The Kier molecular flexibility index (Phi) is 7.76. The second-order valence-electron chi connectivity index (χ2n) is 8.83. The fraction of sp³-hybridized carbons (Fsp3) is 0.321. The molecule has 0 saturated carbocycles. The molecule has 1 atom stereocenters. The molecule has 0 unspecified atom stereocenters. The van der Waals surface area contributed by atoms with E-state index in [4.69, 9.17) is 11.2 Å². The first kappa shape index (κ1) is 26.1. The van der Waals surface area contributed by atoms with Gasteiger partial charge >= 0.3 is 5.97 Å². The topological polar surface area (TPSA) is 75.7 Å². The number of hydrogen-bond acceptors (Lipinski definition) is 5. The van der Waals surface area contributed by atoms with Crippen LogP contribution in [0.3, 0.4) is 0 Å². The molecule has 0 radical (unpaired) electrons. The molecule has 0 aliphatic carbocycles. The molecular weight excluding hydrogens is 460 g/mol. The maximum absolute atomic E-state index is 13.6. The lowest BCUT2D eigenvalue weighted by atomic mass is 10.0. The Morgan fingerprint density at radius 3 is 2.23 bits per heavy atom. The van der Waals surface area contributed by atoms with Crippen molar-refractivity contribution in [1.82, 2.24) is 0 Å². The van der Waals surface area contributed by atoms with E-state index in [0.29, 0.717) is 10.6 Å². The van der Waals surface area contributed by atoms with Gasteiger partial charge in [-0.25, -0.2) is 8.42 Å². The quantitative estimate of drug-likeness (QED) is 0.343. The number of ether oxygens (including phenoxy) is 1. The van der Waals surface area contributed by atoms with E-state index in [1.165, 1.54) is 7.11 Å². The number of hydrogen-bond donors (Lipinski definition) is 1. The molecule has 0 aromatic heterocycles. The second-order valence-corrected chi connectivity index (χ2v) is 10.5. The van der Waals surface area contributed by atoms with Gasteiger partial charge in [-0.3, -0.25) is 9.52 Å². The molecule has 0 aliphatic heterocycles. The van der Waals surface area contributed by atoms with Gasteiger partial charge in [0.15, 0.2) is 0 Å². The van der Waals surface area contributed by atoms with Crippen LogP contribution in [0.2, 0.25) is 0 Å². The van der Waals surface area contributed by atoms with Crippen molar-refractivity contribution in [2.24, 2.45) is 0 Å². The molecule has 0 aliphatic rings. The number of carbonyl (C=O) groups excluding carboxylic acids is 1. The first-order chi connectivity index (χ1) is 16.5. The number of aryl methyl sites for hydroxylation is 2. The van der Waals surface area contributed by atoms with Crippen molar-refractivity contribution in [3.05, 3.63) is 64.7 Å². The van der Waals surface area contributed by atoms with Crippen molar-refractivity contribution in [3.8, 4) is 12.3 Å². The molecule has 0 heterocycles. The Morgan fingerprint density at radius 2 is 1.66 bits per heavy atom. The van der Waals surface area contributed by atoms with E-state index in [2.05, 4.69) is 10.6 Å². The van der Waals surface area contributed by atoms with E-state index in [0.717, 1.165) is 38.7 Å². The standard InChI is InChI=1S/C28H32N2O4S/c1-8-15-30(20(4)17-27(31)34-7)26-14-13-25(23-11-9-10-12-24(23)26)29-35(32,33)28-21(5)18(2)16-19(3)22(28)6/h1,9-14,16,20,29H,15,17H2,2-7H3/t20-/m0/s1. The molecule has 0 fully saturated rings. The monoisotopic (exact) mass is 492 g/mol. The zero-order chi connectivity index (χ0) is 25.9. The Bertz CT molecular complexity index is 1390. The molecule has 0 amide bonds. The minimum absolute atomic E-state index is 0.173. The highest BCUT2D eigenvalue weighted by molar-refractivity contribution is 7.92. The lowest BCUT2D eigenvalue weighted by molar-refractivity contribution is -0.140. The minimum atomic E-state index is -3.85. The van der Waals surface area contributed by atoms with Crippen molar-refractivity contribution in [2.75, 3.05) is 23.3 Å². The molecule has 0 saturated heterocycles. The van der Waals surface area contributed by atoms with Crippen LogP contribution < -0.4 is 9.62 Å². The smallest absolute Gasteiger partial charge is 0.307 e. The molecule has 1 N–H and O–H groups in total. The van der Waals surface area contributed by atoms with Crippen LogP contribution in [-0.4, -0.2) is 34.1 Å². The van der Waals surface area contributed by atoms with Gasteiger partial charge in [-0.15, -0.1) is 6.42 Å². The van der Waals surface area contributed by atoms with Crippen molar-refractivity contribution in [1.29, 1.82) is 0 Å². The fourth-order valence-electron chi connectivity index (χ4n) is 4.41. The zero-order valence-electron chi connectivity index (χ0n) is 21.1. The summed E-state index contributed by atoms with van der Waals surface area (Å²) < 4.78 is 34.8. The molecular formula is C28H32N2O4S. The van der Waals surface area contributed by atoms with Crippen LogP contribution in [0.1, 0.15) is 35.6 Å². The first-order valence-corrected chi connectivity index (χ1v) is 12.9. The lowest BCUT2D eigenvalue weighted by Crippen LogP contribution is -2.35. The highest BCUT2D eigenvalue weighted by Gasteiger charge is 2.24. The summed E-state index contributed by atoms with van der Waals surface area (Å²) in [5.74, 6) is 2.34. The van der Waals surface area contributed by atoms with Gasteiger partial charge in [0.05, 0.1) is 30.7 Å². The third-order valence-corrected chi connectivity index (χ3v) is 8.14. The SMILES string of the molecule is C#CCN(c1ccc(NS(=O)(=O)c2c(C)c(C)cc(C)c2C)c2ccccc12)[C@@H](C)CC(=O)OC. The number of methoxy groups -OCH3 is 1. The van der Waals surface area contributed by atoms with Gasteiger partial charge in [0.1, 0.15) is 0 Å². The van der Waals surface area contributed by atoms with Crippen molar-refractivity contribution < 1.29 is 17.9 Å². The van der Waals surface area contributed by atoms with E-state index in [-0.39, 0.29) is 25.0 Å². The predicted octanol–water partition coefficient (Wildman–Crippen LogP) is 5.27. The summed E-state index contributed by atoms with van der Waals surface area (Å²) in [4.78, 5) is 14.2. The van der Waals surface area contributed by atoms with Crippen molar-refractivity contribution in [2.45, 2.75) is 52.0 Å². The van der Waals surface area contributed by atoms with Crippen LogP contribution in [-0.2, 0) is 19.6 Å². The van der Waals surface area contributed by atoms with E-state index in [1.807, 2.05) is 75.9 Å². The van der Waals surface area contributed by atoms with Gasteiger partial charge in [-0.1, -0.05) is 36.3 Å². The number of nitrogens with zero attached hydrogens (tertiary/aromatic N) is 1. The molecule has 35 heavy (non-hydrogen) atoms. The van der Waals surface area contributed by atoms with Gasteiger partial charge in [-0.05, 0) is 69.0 Å². The number of esters is 1. The van der Waals surface area contributed by atoms with Crippen molar-refractivity contribution >= 4 is 38.1 Å². The maximum Gasteiger partial charge on any atom is 0.307 e. The second kappa shape index (κ2) is 10.4. The Hall–Kier alpha value is -3.50. The number of carbonyl (C=O) groups is 1. The number of benzene rings is 3. The summed E-state index contributed by atoms with van der Waals surface area (Å²) in [5.41, 5.74) is 4.62. The van der Waals surface area contributed by atoms with Gasteiger partial charge in [0, 0.05) is 22.5 Å². The summed E-state index contributed by atoms with van der Waals surface area (Å²) in [5, 5.41) is 1.56. The van der Waals surface area contributed by atoms with Crippen LogP contribution >= 0.6 is 0 Å². The van der Waals surface area contributed by atoms with Crippen LogP contribution in [0.5, 0.6) is 0 Å². The first-order valence-electron chi connectivity index (χ1n) is 11.4. The molecule has 3 aromatic rings. The summed E-state index contributed by atoms with van der Waals surface area (Å²) in [6, 6.07) is 12.9. The summed E-state index contributed by atoms with van der Waals surface area (Å²) >= 11 is 0. The highest BCUT2D eigenvalue weighted by atomic mass is 32.2. The van der Waals surface area contributed by atoms with E-state index < -0.39 is 10.0 Å². The zero-order valence-corrected chi connectivity index (χ0v) is 21.9. The number of rotatable bonds is 8. The Morgan fingerprint density at radius 1 is 1.06 bits per heavy atom. The van der Waals surface area contributed by atoms with Gasteiger partial charge < -0.3 is 9.64 Å². The number of anilines is 2. The van der Waals surface area contributed by atoms with Gasteiger partial charge in [-0.2, -0.15) is 0 Å². The Balaban J connectivity index is 2.12. The molecule has 0 bridgehead atoms. The number of fused-ring (bicyclic) bond motifs is 1. The Labute approximate surface area is 208 Å². The molecule has 0 spiro atoms.